The zero-order chi connectivity index (χ0) is 14.5. The van der Waals surface area contributed by atoms with Gasteiger partial charge in [0.2, 0.25) is 0 Å². The van der Waals surface area contributed by atoms with E-state index >= 15 is 0 Å². The number of hydrogen-bond acceptors (Lipinski definition) is 3. The molecule has 1 aliphatic rings. The van der Waals surface area contributed by atoms with Crippen molar-refractivity contribution in [3.05, 3.63) is 29.8 Å². The predicted octanol–water partition coefficient (Wildman–Crippen LogP) is 3.04. The van der Waals surface area contributed by atoms with Crippen molar-refractivity contribution in [2.24, 2.45) is 22.7 Å². The summed E-state index contributed by atoms with van der Waals surface area (Å²) in [7, 11) is 0. The van der Waals surface area contributed by atoms with E-state index < -0.39 is 0 Å². The van der Waals surface area contributed by atoms with Crippen LogP contribution in [-0.4, -0.2) is 24.1 Å². The molecule has 4 heteroatoms. The van der Waals surface area contributed by atoms with Crippen LogP contribution in [0.25, 0.3) is 0 Å². The second-order valence-corrected chi connectivity index (χ2v) is 5.92. The highest BCUT2D eigenvalue weighted by Crippen LogP contribution is 2.28. The summed E-state index contributed by atoms with van der Waals surface area (Å²) < 4.78 is 0. The van der Waals surface area contributed by atoms with E-state index in [9.17, 15) is 0 Å². The number of oxime groups is 1. The molecule has 0 saturated carbocycles. The van der Waals surface area contributed by atoms with Gasteiger partial charge in [-0.25, -0.2) is 0 Å². The average molecular weight is 275 g/mol. The van der Waals surface area contributed by atoms with Crippen molar-refractivity contribution in [1.29, 1.82) is 0 Å². The van der Waals surface area contributed by atoms with Crippen LogP contribution in [0.4, 0.5) is 5.69 Å². The molecule has 0 amide bonds. The summed E-state index contributed by atoms with van der Waals surface area (Å²) >= 11 is 0. The van der Waals surface area contributed by atoms with E-state index in [4.69, 9.17) is 10.9 Å². The summed E-state index contributed by atoms with van der Waals surface area (Å²) in [6.07, 6.45) is 3.70. The molecule has 0 aromatic heterocycles. The number of anilines is 1. The summed E-state index contributed by atoms with van der Waals surface area (Å²) in [4.78, 5) is 2.37. The largest absolute Gasteiger partial charge is 0.409 e. The van der Waals surface area contributed by atoms with Gasteiger partial charge in [-0.1, -0.05) is 31.1 Å². The molecule has 1 heterocycles. The van der Waals surface area contributed by atoms with Gasteiger partial charge in [-0.15, -0.1) is 0 Å². The van der Waals surface area contributed by atoms with Gasteiger partial charge in [-0.2, -0.15) is 0 Å². The van der Waals surface area contributed by atoms with Crippen molar-refractivity contribution in [3.63, 3.8) is 0 Å². The van der Waals surface area contributed by atoms with Gasteiger partial charge in [-0.3, -0.25) is 0 Å². The molecule has 0 bridgehead atoms. The van der Waals surface area contributed by atoms with Crippen LogP contribution in [0.2, 0.25) is 0 Å². The summed E-state index contributed by atoms with van der Waals surface area (Å²) in [5.41, 5.74) is 7.68. The summed E-state index contributed by atoms with van der Waals surface area (Å²) in [6, 6.07) is 7.90. The SMILES string of the molecule is CC(C)C1CCCN(c2ccccc2C(N)=NO)CC1. The van der Waals surface area contributed by atoms with Crippen LogP contribution in [-0.2, 0) is 0 Å². The van der Waals surface area contributed by atoms with E-state index in [1.54, 1.807) is 0 Å². The Kier molecular flexibility index (Phi) is 4.88. The van der Waals surface area contributed by atoms with E-state index in [1.165, 1.54) is 19.3 Å². The van der Waals surface area contributed by atoms with E-state index in [0.29, 0.717) is 0 Å². The number of benzene rings is 1. The smallest absolute Gasteiger partial charge is 0.172 e. The molecule has 20 heavy (non-hydrogen) atoms. The van der Waals surface area contributed by atoms with Crippen molar-refractivity contribution in [2.75, 3.05) is 18.0 Å². The van der Waals surface area contributed by atoms with E-state index in [1.807, 2.05) is 18.2 Å². The molecule has 1 aromatic carbocycles. The van der Waals surface area contributed by atoms with E-state index in [-0.39, 0.29) is 5.84 Å². The molecule has 1 aromatic rings. The maximum absolute atomic E-state index is 8.93. The molecule has 1 aliphatic heterocycles. The molecule has 1 unspecified atom stereocenters. The normalized spacial score (nSPS) is 21.1. The Morgan fingerprint density at radius 1 is 1.30 bits per heavy atom. The van der Waals surface area contributed by atoms with Gasteiger partial charge in [-0.05, 0) is 43.2 Å². The maximum atomic E-state index is 8.93. The Labute approximate surface area is 121 Å². The van der Waals surface area contributed by atoms with Gasteiger partial charge in [0.1, 0.15) is 0 Å². The van der Waals surface area contributed by atoms with Crippen LogP contribution in [0.5, 0.6) is 0 Å². The Morgan fingerprint density at radius 2 is 2.05 bits per heavy atom. The highest BCUT2D eigenvalue weighted by Gasteiger charge is 2.21. The molecular formula is C16H25N3O. The quantitative estimate of drug-likeness (QED) is 0.386. The lowest BCUT2D eigenvalue weighted by molar-refractivity contribution is 0.318. The fourth-order valence-corrected chi connectivity index (χ4v) is 3.05. The number of nitrogens with two attached hydrogens (primary N) is 1. The number of para-hydroxylation sites is 1. The molecular weight excluding hydrogens is 250 g/mol. The summed E-state index contributed by atoms with van der Waals surface area (Å²) in [5, 5.41) is 12.1. The minimum Gasteiger partial charge on any atom is -0.409 e. The molecule has 4 nitrogen and oxygen atoms in total. The second kappa shape index (κ2) is 6.64. The zero-order valence-electron chi connectivity index (χ0n) is 12.4. The number of hydrogen-bond donors (Lipinski definition) is 2. The Hall–Kier alpha value is -1.71. The van der Waals surface area contributed by atoms with Crippen LogP contribution in [0.1, 0.15) is 38.7 Å². The van der Waals surface area contributed by atoms with E-state index in [0.717, 1.165) is 36.2 Å². The third-order valence-corrected chi connectivity index (χ3v) is 4.34. The van der Waals surface area contributed by atoms with Crippen molar-refractivity contribution < 1.29 is 5.21 Å². The van der Waals surface area contributed by atoms with Crippen molar-refractivity contribution in [3.8, 4) is 0 Å². The highest BCUT2D eigenvalue weighted by molar-refractivity contribution is 6.02. The third-order valence-electron chi connectivity index (χ3n) is 4.34. The first kappa shape index (κ1) is 14.7. The Bertz CT molecular complexity index is 471. The van der Waals surface area contributed by atoms with Gasteiger partial charge in [0, 0.05) is 24.3 Å². The molecule has 0 spiro atoms. The number of nitrogens with zero attached hydrogens (tertiary/aromatic N) is 2. The molecule has 2 rings (SSSR count). The second-order valence-electron chi connectivity index (χ2n) is 5.92. The van der Waals surface area contributed by atoms with Crippen molar-refractivity contribution in [2.45, 2.75) is 33.1 Å². The van der Waals surface area contributed by atoms with Crippen LogP contribution >= 0.6 is 0 Å². The fraction of sp³-hybridized carbons (Fsp3) is 0.562. The molecule has 0 radical (unpaired) electrons. The van der Waals surface area contributed by atoms with E-state index in [2.05, 4.69) is 30.0 Å². The Morgan fingerprint density at radius 3 is 2.75 bits per heavy atom. The first-order valence-electron chi connectivity index (χ1n) is 7.45. The van der Waals surface area contributed by atoms with Crippen LogP contribution in [0, 0.1) is 11.8 Å². The van der Waals surface area contributed by atoms with Gasteiger partial charge in [0.05, 0.1) is 0 Å². The van der Waals surface area contributed by atoms with Gasteiger partial charge < -0.3 is 15.8 Å². The standard InChI is InChI=1S/C16H25N3O/c1-12(2)13-6-5-10-19(11-9-13)15-8-4-3-7-14(15)16(17)18-20/h3-4,7-8,12-13,20H,5-6,9-11H2,1-2H3,(H2,17,18). The monoisotopic (exact) mass is 275 g/mol. The predicted molar refractivity (Wildman–Crippen MR) is 83.3 cm³/mol. The van der Waals surface area contributed by atoms with Crippen molar-refractivity contribution >= 4 is 11.5 Å². The lowest BCUT2D eigenvalue weighted by Crippen LogP contribution is -2.28. The fourth-order valence-electron chi connectivity index (χ4n) is 3.05. The lowest BCUT2D eigenvalue weighted by atomic mass is 9.89. The first-order valence-corrected chi connectivity index (χ1v) is 7.45. The summed E-state index contributed by atoms with van der Waals surface area (Å²) in [5.74, 6) is 1.73. The summed E-state index contributed by atoms with van der Waals surface area (Å²) in [6.45, 7) is 6.70. The average Bonchev–Trinajstić information content (AvgIpc) is 2.72. The molecule has 3 N–H and O–H groups in total. The zero-order valence-corrected chi connectivity index (χ0v) is 12.4. The third kappa shape index (κ3) is 3.24. The topological polar surface area (TPSA) is 61.8 Å². The van der Waals surface area contributed by atoms with Crippen LogP contribution < -0.4 is 10.6 Å². The van der Waals surface area contributed by atoms with Crippen molar-refractivity contribution in [1.82, 2.24) is 0 Å². The molecule has 1 fully saturated rings. The minimum atomic E-state index is 0.185. The van der Waals surface area contributed by atoms with Gasteiger partial charge in [0.15, 0.2) is 5.84 Å². The number of amidine groups is 1. The highest BCUT2D eigenvalue weighted by atomic mass is 16.4. The number of rotatable bonds is 3. The van der Waals surface area contributed by atoms with Crippen LogP contribution in [0.3, 0.4) is 0 Å². The van der Waals surface area contributed by atoms with Crippen LogP contribution in [0.15, 0.2) is 29.4 Å². The first-order chi connectivity index (χ1) is 9.63. The van der Waals surface area contributed by atoms with Gasteiger partial charge >= 0.3 is 0 Å². The molecule has 1 saturated heterocycles. The lowest BCUT2D eigenvalue weighted by Gasteiger charge is -2.25. The molecule has 110 valence electrons. The molecule has 0 aliphatic carbocycles. The minimum absolute atomic E-state index is 0.185. The maximum Gasteiger partial charge on any atom is 0.172 e. The molecule has 1 atom stereocenters. The van der Waals surface area contributed by atoms with Gasteiger partial charge in [0.25, 0.3) is 0 Å². The Balaban J connectivity index is 2.20.